The lowest BCUT2D eigenvalue weighted by Crippen LogP contribution is -2.31. The number of methoxy groups -OCH3 is 1. The number of ether oxygens (including phenoxy) is 2. The quantitative estimate of drug-likeness (QED) is 0.829. The number of hydrogen-bond donors (Lipinski definition) is 2. The first-order valence-corrected chi connectivity index (χ1v) is 6.88. The number of carboxylic acids is 1. The van der Waals surface area contributed by atoms with Gasteiger partial charge in [-0.05, 0) is 37.5 Å². The summed E-state index contributed by atoms with van der Waals surface area (Å²) in [5.41, 5.74) is 0.0563. The maximum atomic E-state index is 11.3. The Hall–Kier alpha value is -1.75. The Balaban J connectivity index is 2.21. The lowest BCUT2D eigenvalue weighted by molar-refractivity contribution is 0.0305. The van der Waals surface area contributed by atoms with Crippen LogP contribution in [0, 0.1) is 0 Å². The Kier molecular flexibility index (Phi) is 4.84. The van der Waals surface area contributed by atoms with E-state index in [0.29, 0.717) is 12.2 Å². The molecule has 20 heavy (non-hydrogen) atoms. The maximum absolute atomic E-state index is 11.3. The van der Waals surface area contributed by atoms with Crippen molar-refractivity contribution in [3.63, 3.8) is 0 Å². The van der Waals surface area contributed by atoms with Crippen LogP contribution >= 0.6 is 0 Å². The Labute approximate surface area is 118 Å². The summed E-state index contributed by atoms with van der Waals surface area (Å²) in [5.74, 6) is -0.317. The molecule has 1 saturated carbocycles. The van der Waals surface area contributed by atoms with Crippen molar-refractivity contribution in [3.8, 4) is 11.5 Å². The Bertz CT molecular complexity index is 471. The SMILES string of the molecule is COc1ccc(OC2CCCCCC2O)c(C(=O)O)c1. The summed E-state index contributed by atoms with van der Waals surface area (Å²) in [6.45, 7) is 0. The molecule has 0 bridgehead atoms. The van der Waals surface area contributed by atoms with Crippen molar-refractivity contribution in [3.05, 3.63) is 23.8 Å². The molecule has 0 amide bonds. The predicted octanol–water partition coefficient (Wildman–Crippen LogP) is 2.47. The zero-order valence-electron chi connectivity index (χ0n) is 11.5. The highest BCUT2D eigenvalue weighted by Gasteiger charge is 2.25. The summed E-state index contributed by atoms with van der Waals surface area (Å²) < 4.78 is 10.8. The second kappa shape index (κ2) is 6.61. The molecule has 1 fully saturated rings. The van der Waals surface area contributed by atoms with Gasteiger partial charge < -0.3 is 19.7 Å². The van der Waals surface area contributed by atoms with E-state index in [4.69, 9.17) is 9.47 Å². The molecule has 1 aromatic rings. The third-order valence-corrected chi connectivity index (χ3v) is 3.61. The van der Waals surface area contributed by atoms with Crippen LogP contribution < -0.4 is 9.47 Å². The van der Waals surface area contributed by atoms with Crippen molar-refractivity contribution < 1.29 is 24.5 Å². The molecule has 0 spiro atoms. The summed E-state index contributed by atoms with van der Waals surface area (Å²) in [6.07, 6.45) is 3.60. The lowest BCUT2D eigenvalue weighted by Gasteiger charge is -2.23. The molecule has 0 saturated heterocycles. The van der Waals surface area contributed by atoms with Gasteiger partial charge >= 0.3 is 5.97 Å². The Morgan fingerprint density at radius 2 is 2.00 bits per heavy atom. The number of aromatic carboxylic acids is 1. The second-order valence-electron chi connectivity index (χ2n) is 5.03. The lowest BCUT2D eigenvalue weighted by atomic mass is 10.1. The zero-order valence-corrected chi connectivity index (χ0v) is 11.5. The molecular weight excluding hydrogens is 260 g/mol. The van der Waals surface area contributed by atoms with Gasteiger partial charge in [0.1, 0.15) is 23.2 Å². The largest absolute Gasteiger partial charge is 0.497 e. The molecule has 1 aromatic carbocycles. The molecule has 2 N–H and O–H groups in total. The van der Waals surface area contributed by atoms with E-state index in [1.54, 1.807) is 12.1 Å². The number of aliphatic hydroxyl groups excluding tert-OH is 1. The minimum atomic E-state index is -1.07. The fourth-order valence-corrected chi connectivity index (χ4v) is 2.46. The second-order valence-corrected chi connectivity index (χ2v) is 5.03. The van der Waals surface area contributed by atoms with Crippen LogP contribution in [0.15, 0.2) is 18.2 Å². The fourth-order valence-electron chi connectivity index (χ4n) is 2.46. The number of rotatable bonds is 4. The van der Waals surface area contributed by atoms with E-state index in [9.17, 15) is 15.0 Å². The van der Waals surface area contributed by atoms with Gasteiger partial charge in [-0.3, -0.25) is 0 Å². The highest BCUT2D eigenvalue weighted by Crippen LogP contribution is 2.28. The molecule has 0 heterocycles. The molecule has 0 aliphatic heterocycles. The smallest absolute Gasteiger partial charge is 0.339 e. The first-order chi connectivity index (χ1) is 9.61. The Morgan fingerprint density at radius 3 is 2.70 bits per heavy atom. The standard InChI is InChI=1S/C15H20O5/c1-19-10-7-8-13(11(9-10)15(17)18)20-14-6-4-2-3-5-12(14)16/h7-9,12,14,16H,2-6H2,1H3,(H,17,18). The van der Waals surface area contributed by atoms with Crippen LogP contribution in [0.5, 0.6) is 11.5 Å². The molecule has 1 aliphatic carbocycles. The number of hydrogen-bond acceptors (Lipinski definition) is 4. The molecular formula is C15H20O5. The molecule has 0 radical (unpaired) electrons. The van der Waals surface area contributed by atoms with Gasteiger partial charge in [0.15, 0.2) is 0 Å². The number of carboxylic acid groups (broad SMARTS) is 1. The van der Waals surface area contributed by atoms with E-state index >= 15 is 0 Å². The van der Waals surface area contributed by atoms with Crippen molar-refractivity contribution in [2.24, 2.45) is 0 Å². The zero-order chi connectivity index (χ0) is 14.5. The minimum absolute atomic E-state index is 0.0563. The van der Waals surface area contributed by atoms with Gasteiger partial charge in [0.25, 0.3) is 0 Å². The highest BCUT2D eigenvalue weighted by atomic mass is 16.5. The third kappa shape index (κ3) is 3.42. The molecule has 2 unspecified atom stereocenters. The van der Waals surface area contributed by atoms with Gasteiger partial charge in [-0.2, -0.15) is 0 Å². The van der Waals surface area contributed by atoms with E-state index in [2.05, 4.69) is 0 Å². The van der Waals surface area contributed by atoms with Gasteiger partial charge in [-0.25, -0.2) is 4.79 Å². The monoisotopic (exact) mass is 280 g/mol. The first-order valence-electron chi connectivity index (χ1n) is 6.88. The average Bonchev–Trinajstić information content (AvgIpc) is 2.64. The van der Waals surface area contributed by atoms with Crippen LogP contribution in [0.2, 0.25) is 0 Å². The predicted molar refractivity (Wildman–Crippen MR) is 73.5 cm³/mol. The molecule has 1 aliphatic rings. The molecule has 0 aromatic heterocycles. The fraction of sp³-hybridized carbons (Fsp3) is 0.533. The van der Waals surface area contributed by atoms with Crippen molar-refractivity contribution >= 4 is 5.97 Å². The van der Waals surface area contributed by atoms with Crippen LogP contribution in [-0.4, -0.2) is 35.5 Å². The van der Waals surface area contributed by atoms with E-state index in [1.807, 2.05) is 0 Å². The molecule has 2 rings (SSSR count). The minimum Gasteiger partial charge on any atom is -0.497 e. The number of carbonyl (C=O) groups is 1. The van der Waals surface area contributed by atoms with E-state index in [-0.39, 0.29) is 17.4 Å². The normalized spacial score (nSPS) is 22.9. The van der Waals surface area contributed by atoms with Gasteiger partial charge in [0.2, 0.25) is 0 Å². The first kappa shape index (κ1) is 14.7. The third-order valence-electron chi connectivity index (χ3n) is 3.61. The molecule has 5 heteroatoms. The number of aliphatic hydroxyl groups is 1. The highest BCUT2D eigenvalue weighted by molar-refractivity contribution is 5.91. The van der Waals surface area contributed by atoms with Crippen LogP contribution in [0.4, 0.5) is 0 Å². The summed E-state index contributed by atoms with van der Waals surface area (Å²) in [4.78, 5) is 11.3. The van der Waals surface area contributed by atoms with Crippen LogP contribution in [0.3, 0.4) is 0 Å². The van der Waals surface area contributed by atoms with Gasteiger partial charge in [0, 0.05) is 0 Å². The van der Waals surface area contributed by atoms with Crippen molar-refractivity contribution in [1.82, 2.24) is 0 Å². The van der Waals surface area contributed by atoms with Crippen molar-refractivity contribution in [1.29, 1.82) is 0 Å². The topological polar surface area (TPSA) is 76.0 Å². The van der Waals surface area contributed by atoms with Gasteiger partial charge in [-0.1, -0.05) is 12.8 Å². The van der Waals surface area contributed by atoms with Crippen molar-refractivity contribution in [2.75, 3.05) is 7.11 Å². The van der Waals surface area contributed by atoms with E-state index in [1.165, 1.54) is 13.2 Å². The summed E-state index contributed by atoms with van der Waals surface area (Å²) in [5, 5.41) is 19.3. The van der Waals surface area contributed by atoms with Crippen molar-refractivity contribution in [2.45, 2.75) is 44.3 Å². The van der Waals surface area contributed by atoms with Gasteiger partial charge in [0.05, 0.1) is 13.2 Å². The molecule has 2 atom stereocenters. The molecule has 5 nitrogen and oxygen atoms in total. The van der Waals surface area contributed by atoms with Crippen LogP contribution in [-0.2, 0) is 0 Å². The van der Waals surface area contributed by atoms with E-state index < -0.39 is 12.1 Å². The van der Waals surface area contributed by atoms with E-state index in [0.717, 1.165) is 25.7 Å². The summed E-state index contributed by atoms with van der Waals surface area (Å²) >= 11 is 0. The average molecular weight is 280 g/mol. The van der Waals surface area contributed by atoms with Crippen LogP contribution in [0.25, 0.3) is 0 Å². The van der Waals surface area contributed by atoms with Gasteiger partial charge in [-0.15, -0.1) is 0 Å². The maximum Gasteiger partial charge on any atom is 0.339 e. The Morgan fingerprint density at radius 1 is 1.25 bits per heavy atom. The summed E-state index contributed by atoms with van der Waals surface area (Å²) in [7, 11) is 1.48. The van der Waals surface area contributed by atoms with Crippen LogP contribution in [0.1, 0.15) is 42.5 Å². The number of benzene rings is 1. The summed E-state index contributed by atoms with van der Waals surface area (Å²) in [6, 6.07) is 4.67. The molecule has 110 valence electrons.